The number of halogens is 2. The molecule has 0 saturated carbocycles. The van der Waals surface area contributed by atoms with E-state index in [2.05, 4.69) is 27.7 Å². The average molecular weight is 397 g/mol. The second-order valence-corrected chi connectivity index (χ2v) is 6.92. The monoisotopic (exact) mass is 396 g/mol. The maximum atomic E-state index is 6.21. The largest absolute Gasteiger partial charge is 0.361 e. The molecule has 0 radical (unpaired) electrons. The van der Waals surface area contributed by atoms with Gasteiger partial charge in [0.25, 0.3) is 0 Å². The summed E-state index contributed by atoms with van der Waals surface area (Å²) in [5, 5.41) is 12.0. The van der Waals surface area contributed by atoms with Gasteiger partial charge in [-0.05, 0) is 57.7 Å². The van der Waals surface area contributed by atoms with Crippen LogP contribution in [0.3, 0.4) is 0 Å². The Kier molecular flexibility index (Phi) is 8.26. The normalized spacial score (nSPS) is 11.7. The third kappa shape index (κ3) is 6.22. The first-order chi connectivity index (χ1) is 12.5. The van der Waals surface area contributed by atoms with Crippen molar-refractivity contribution in [3.8, 4) is 0 Å². The smallest absolute Gasteiger partial charge is 0.191 e. The van der Waals surface area contributed by atoms with Crippen LogP contribution in [0.1, 0.15) is 35.9 Å². The van der Waals surface area contributed by atoms with Gasteiger partial charge in [0.15, 0.2) is 5.96 Å². The highest BCUT2D eigenvalue weighted by Crippen LogP contribution is 2.22. The molecule has 0 amide bonds. The number of aryl methyl sites for hydroxylation is 3. The van der Waals surface area contributed by atoms with Gasteiger partial charge in [-0.3, -0.25) is 4.99 Å². The van der Waals surface area contributed by atoms with Crippen LogP contribution in [-0.4, -0.2) is 30.8 Å². The summed E-state index contributed by atoms with van der Waals surface area (Å²) in [4.78, 5) is 4.63. The van der Waals surface area contributed by atoms with Gasteiger partial charge >= 0.3 is 0 Å². The zero-order valence-electron chi connectivity index (χ0n) is 15.5. The zero-order valence-corrected chi connectivity index (χ0v) is 17.0. The number of nitrogens with one attached hydrogen (secondary N) is 2. The van der Waals surface area contributed by atoms with Gasteiger partial charge in [0.1, 0.15) is 5.76 Å². The standard InChI is InChI=1S/C19H26Cl2N4O/c1-4-22-19(24-11-9-17-13(2)25-26-14(17)3)23-10-5-6-15-7-8-16(20)12-18(15)21/h7-8,12H,4-6,9-11H2,1-3H3,(H2,22,23,24). The number of nitrogens with zero attached hydrogens (tertiary/aromatic N) is 2. The number of benzene rings is 1. The van der Waals surface area contributed by atoms with Crippen molar-refractivity contribution in [2.45, 2.75) is 40.0 Å². The Morgan fingerprint density at radius 2 is 2.00 bits per heavy atom. The van der Waals surface area contributed by atoms with Crippen molar-refractivity contribution >= 4 is 29.2 Å². The summed E-state index contributed by atoms with van der Waals surface area (Å²) >= 11 is 12.1. The second-order valence-electron chi connectivity index (χ2n) is 6.08. The van der Waals surface area contributed by atoms with E-state index in [-0.39, 0.29) is 0 Å². The molecule has 0 bridgehead atoms. The van der Waals surface area contributed by atoms with Crippen LogP contribution in [0.15, 0.2) is 27.7 Å². The molecule has 2 aromatic rings. The minimum absolute atomic E-state index is 0.661. The fourth-order valence-electron chi connectivity index (χ4n) is 2.69. The van der Waals surface area contributed by atoms with Gasteiger partial charge in [0, 0.05) is 35.2 Å². The molecule has 2 N–H and O–H groups in total. The highest BCUT2D eigenvalue weighted by atomic mass is 35.5. The van der Waals surface area contributed by atoms with Crippen LogP contribution in [0, 0.1) is 13.8 Å². The Morgan fingerprint density at radius 3 is 2.65 bits per heavy atom. The van der Waals surface area contributed by atoms with Crippen LogP contribution in [0.25, 0.3) is 0 Å². The van der Waals surface area contributed by atoms with E-state index in [9.17, 15) is 0 Å². The molecule has 2 rings (SSSR count). The molecule has 0 saturated heterocycles. The van der Waals surface area contributed by atoms with Crippen molar-refractivity contribution in [2.24, 2.45) is 4.99 Å². The fourth-order valence-corrected chi connectivity index (χ4v) is 3.19. The fraction of sp³-hybridized carbons (Fsp3) is 0.474. The van der Waals surface area contributed by atoms with E-state index in [1.807, 2.05) is 26.0 Å². The van der Waals surface area contributed by atoms with E-state index in [4.69, 9.17) is 27.7 Å². The first-order valence-corrected chi connectivity index (χ1v) is 9.64. The predicted molar refractivity (Wildman–Crippen MR) is 108 cm³/mol. The van der Waals surface area contributed by atoms with E-state index in [1.165, 1.54) is 0 Å². The van der Waals surface area contributed by atoms with Crippen molar-refractivity contribution in [3.05, 3.63) is 50.8 Å². The van der Waals surface area contributed by atoms with E-state index >= 15 is 0 Å². The Bertz CT molecular complexity index is 724. The van der Waals surface area contributed by atoms with Crippen molar-refractivity contribution < 1.29 is 4.52 Å². The van der Waals surface area contributed by atoms with Crippen LogP contribution in [-0.2, 0) is 12.8 Å². The number of hydrogen-bond donors (Lipinski definition) is 2. The van der Waals surface area contributed by atoms with E-state index in [0.29, 0.717) is 10.0 Å². The molecule has 7 heteroatoms. The molecule has 26 heavy (non-hydrogen) atoms. The number of guanidine groups is 1. The summed E-state index contributed by atoms with van der Waals surface area (Å²) in [6.07, 6.45) is 2.64. The lowest BCUT2D eigenvalue weighted by molar-refractivity contribution is 0.392. The van der Waals surface area contributed by atoms with E-state index in [0.717, 1.165) is 67.4 Å². The topological polar surface area (TPSA) is 62.5 Å². The average Bonchev–Trinajstić information content (AvgIpc) is 2.92. The highest BCUT2D eigenvalue weighted by Gasteiger charge is 2.08. The zero-order chi connectivity index (χ0) is 18.9. The Hall–Kier alpha value is -1.72. The molecule has 5 nitrogen and oxygen atoms in total. The van der Waals surface area contributed by atoms with Gasteiger partial charge in [-0.1, -0.05) is 34.4 Å². The molecular weight excluding hydrogens is 371 g/mol. The maximum Gasteiger partial charge on any atom is 0.191 e. The van der Waals surface area contributed by atoms with Gasteiger partial charge in [-0.15, -0.1) is 0 Å². The minimum Gasteiger partial charge on any atom is -0.361 e. The van der Waals surface area contributed by atoms with E-state index in [1.54, 1.807) is 6.07 Å². The molecule has 0 atom stereocenters. The lowest BCUT2D eigenvalue weighted by Gasteiger charge is -2.11. The predicted octanol–water partition coefficient (Wildman–Crippen LogP) is 4.33. The third-order valence-corrected chi connectivity index (χ3v) is 4.67. The van der Waals surface area contributed by atoms with Crippen molar-refractivity contribution in [3.63, 3.8) is 0 Å². The summed E-state index contributed by atoms with van der Waals surface area (Å²) in [7, 11) is 0. The summed E-state index contributed by atoms with van der Waals surface area (Å²) < 4.78 is 5.20. The van der Waals surface area contributed by atoms with Crippen molar-refractivity contribution in [1.29, 1.82) is 0 Å². The molecule has 0 aliphatic heterocycles. The highest BCUT2D eigenvalue weighted by molar-refractivity contribution is 6.35. The minimum atomic E-state index is 0.661. The Morgan fingerprint density at radius 1 is 1.19 bits per heavy atom. The quantitative estimate of drug-likeness (QED) is 0.396. The van der Waals surface area contributed by atoms with Crippen LogP contribution < -0.4 is 10.6 Å². The Labute approximate surface area is 165 Å². The summed E-state index contributed by atoms with van der Waals surface area (Å²) in [5.41, 5.74) is 3.21. The lowest BCUT2D eigenvalue weighted by atomic mass is 10.1. The Balaban J connectivity index is 1.80. The molecule has 0 unspecified atom stereocenters. The number of hydrogen-bond acceptors (Lipinski definition) is 3. The third-order valence-electron chi connectivity index (χ3n) is 4.08. The second kappa shape index (κ2) is 10.4. The number of aromatic nitrogens is 1. The molecule has 0 aliphatic carbocycles. The summed E-state index contributed by atoms with van der Waals surface area (Å²) in [6.45, 7) is 8.28. The first-order valence-electron chi connectivity index (χ1n) is 8.89. The van der Waals surface area contributed by atoms with Crippen LogP contribution in [0.2, 0.25) is 10.0 Å². The van der Waals surface area contributed by atoms with Crippen LogP contribution in [0.4, 0.5) is 0 Å². The molecule has 142 valence electrons. The molecule has 0 spiro atoms. The first kappa shape index (κ1) is 20.6. The van der Waals surface area contributed by atoms with Crippen LogP contribution >= 0.6 is 23.2 Å². The molecule has 0 fully saturated rings. The molecule has 1 aromatic heterocycles. The molecule has 1 aromatic carbocycles. The molecular formula is C19H26Cl2N4O. The van der Waals surface area contributed by atoms with Gasteiger partial charge < -0.3 is 15.2 Å². The molecule has 1 heterocycles. The van der Waals surface area contributed by atoms with Gasteiger partial charge in [-0.25, -0.2) is 0 Å². The van der Waals surface area contributed by atoms with Crippen molar-refractivity contribution in [1.82, 2.24) is 15.8 Å². The molecule has 0 aliphatic rings. The summed E-state index contributed by atoms with van der Waals surface area (Å²) in [6, 6.07) is 5.62. The van der Waals surface area contributed by atoms with E-state index < -0.39 is 0 Å². The lowest BCUT2D eigenvalue weighted by Crippen LogP contribution is -2.38. The van der Waals surface area contributed by atoms with Crippen LogP contribution in [0.5, 0.6) is 0 Å². The number of aliphatic imine (C=N–C) groups is 1. The number of rotatable bonds is 8. The van der Waals surface area contributed by atoms with Gasteiger partial charge in [0.05, 0.1) is 5.69 Å². The van der Waals surface area contributed by atoms with Gasteiger partial charge in [0.2, 0.25) is 0 Å². The van der Waals surface area contributed by atoms with Gasteiger partial charge in [-0.2, -0.15) is 0 Å². The SMILES string of the molecule is CCNC(=NCCCc1ccc(Cl)cc1Cl)NCCc1c(C)noc1C. The van der Waals surface area contributed by atoms with Crippen molar-refractivity contribution in [2.75, 3.05) is 19.6 Å². The maximum absolute atomic E-state index is 6.21. The summed E-state index contributed by atoms with van der Waals surface area (Å²) in [5.74, 6) is 1.70.